The Hall–Kier alpha value is -7.40. The summed E-state index contributed by atoms with van der Waals surface area (Å²) in [5.41, 5.74) is 11.9. The summed E-state index contributed by atoms with van der Waals surface area (Å²) in [4.78, 5) is 27.1. The molecule has 0 bridgehead atoms. The molecule has 8 aliphatic rings. The summed E-state index contributed by atoms with van der Waals surface area (Å²) in [5, 5.41) is 28.0. The Morgan fingerprint density at radius 1 is 0.359 bits per heavy atom. The van der Waals surface area contributed by atoms with Crippen molar-refractivity contribution in [3.63, 3.8) is 0 Å². The van der Waals surface area contributed by atoms with Gasteiger partial charge in [-0.25, -0.2) is 37.3 Å². The minimum absolute atomic E-state index is 0. The van der Waals surface area contributed by atoms with E-state index in [0.717, 1.165) is 111 Å². The number of hydrogen-bond acceptors (Lipinski definition) is 26. The smallest absolute Gasteiger partial charge is 0.540 e. The monoisotopic (exact) mass is 1890 g/mol. The second kappa shape index (κ2) is 46.3. The molecule has 0 N–H and O–H groups in total. The number of allylic oxidation sites excluding steroid dienone is 4. The Morgan fingerprint density at radius 2 is 0.609 bits per heavy atom. The SMILES string of the molecule is C/C(=N\O[B-](O/N=C(\C)c1ccccn1)(O/N=C(\C)c1ccccn1)[C@H]1CC[C@@]2(C)C(=CC[C@H]3[C@@H]4CC[C@H]([C@H](C)CCCC(C)C)[C@@]4(C)CC[C@@H]32)C1)c1ccccn1.C/C(=N\O[B-](O/N=C(\C)c1ccccn1)(O/N=C(\C)c1ccccn1)[C@H]1CC[C@@]2(C)C(=CC[C@H]3[C@@H]4CC[C@H]([C@H](C)CCCC(C)C)[C@@]4(C)CC[C@@H]32)C1)c1ccccn1.[Co+2].[Co+2].[O-][Cl+3]([O-])([O-])[O-].[O-][Cl+3]([O-])([O-])[O-]. The van der Waals surface area contributed by atoms with Gasteiger partial charge in [-0.15, -0.1) is 51.4 Å². The molecular weight excluding hydrogens is 1760 g/mol. The standard InChI is InChI=1S/2C48H66BN6O3.2ClHO4.2Co/c2*1-33(2)16-15-17-34(3)41-23-24-42-40-22-21-38-32-39(25-27-47(38,7)43(40)26-28-48(41,42)8)49(56-53-35(4)44-18-9-12-29-50-44,57-54-36(5)45-19-10-13-30-51-45)58-55-37(6)46-20-11-14-31-52-46;2*2-1(3,4)5;;/h2*9-14,18-21,29-31,33-34,39-43H,15-17,22-28,32H2,1-8H3;2*(H,2,3,4,5);;/q2*-1;;;2*+2/p-2/b2*53-35+,54-36+,55-37+;;;;/t2*34-,39+,40+,41-,42+,43+,47+,48-;;;;/m11..../s1. The summed E-state index contributed by atoms with van der Waals surface area (Å²) < 4.78 is 108. The summed E-state index contributed by atoms with van der Waals surface area (Å²) in [6, 6.07) is 34.4. The number of halogens is 2. The van der Waals surface area contributed by atoms with Crippen LogP contribution < -0.4 is 37.3 Å². The molecule has 6 heterocycles. The molecule has 698 valence electrons. The number of pyridine rings is 6. The van der Waals surface area contributed by atoms with Gasteiger partial charge in [0.25, 0.3) is 0 Å². The second-order valence-corrected chi connectivity index (χ2v) is 40.2. The van der Waals surface area contributed by atoms with Crippen molar-refractivity contribution < 1.29 is 120 Å². The third-order valence-electron chi connectivity index (χ3n) is 30.1. The molecule has 128 heavy (non-hydrogen) atoms. The van der Waals surface area contributed by atoms with Crippen molar-refractivity contribution in [3.8, 4) is 0 Å². The van der Waals surface area contributed by atoms with E-state index >= 15 is 0 Å². The van der Waals surface area contributed by atoms with Crippen molar-refractivity contribution in [2.24, 2.45) is 124 Å². The molecule has 6 fully saturated rings. The predicted molar refractivity (Wildman–Crippen MR) is 470 cm³/mol. The van der Waals surface area contributed by atoms with Crippen molar-refractivity contribution >= 4 is 47.8 Å². The Morgan fingerprint density at radius 3 is 0.836 bits per heavy atom. The third-order valence-corrected chi connectivity index (χ3v) is 30.1. The zero-order valence-corrected chi connectivity index (χ0v) is 80.9. The summed E-state index contributed by atoms with van der Waals surface area (Å²) in [7, 11) is -9.89. The van der Waals surface area contributed by atoms with Crippen LogP contribution in [0.3, 0.4) is 0 Å². The topological polar surface area (TPSA) is 391 Å². The van der Waals surface area contributed by atoms with Gasteiger partial charge in [-0.1, -0.05) is 180 Å². The maximum Gasteiger partial charge on any atom is 2.00 e. The van der Waals surface area contributed by atoms with Gasteiger partial charge >= 0.3 is 47.1 Å². The van der Waals surface area contributed by atoms with E-state index in [1.54, 1.807) is 37.2 Å². The maximum atomic E-state index is 8.49. The van der Waals surface area contributed by atoms with E-state index in [2.05, 4.69) is 142 Å². The number of fused-ring (bicyclic) bond motifs is 10. The van der Waals surface area contributed by atoms with Crippen LogP contribution in [0.4, 0.5) is 0 Å². The fourth-order valence-corrected chi connectivity index (χ4v) is 23.4. The van der Waals surface area contributed by atoms with E-state index in [9.17, 15) is 0 Å². The van der Waals surface area contributed by atoms with Crippen LogP contribution in [0.2, 0.25) is 11.6 Å². The molecule has 2 radical (unpaired) electrons. The number of oxime groups is 6. The van der Waals surface area contributed by atoms with Crippen molar-refractivity contribution in [1.82, 2.24) is 29.9 Å². The van der Waals surface area contributed by atoms with Gasteiger partial charge in [-0.3, -0.25) is 29.9 Å². The maximum absolute atomic E-state index is 8.49. The Kier molecular flexibility index (Phi) is 37.7. The van der Waals surface area contributed by atoms with E-state index in [0.29, 0.717) is 91.1 Å². The van der Waals surface area contributed by atoms with Gasteiger partial charge in [0.05, 0.1) is 68.4 Å². The van der Waals surface area contributed by atoms with Crippen LogP contribution in [0.25, 0.3) is 0 Å². The van der Waals surface area contributed by atoms with Crippen LogP contribution in [-0.2, 0) is 62.1 Å². The second-order valence-electron chi connectivity index (χ2n) is 38.7. The van der Waals surface area contributed by atoms with Crippen molar-refractivity contribution in [2.45, 2.75) is 264 Å². The molecule has 14 rings (SSSR count). The van der Waals surface area contributed by atoms with Gasteiger partial charge in [-0.05, 0) is 309 Å². The molecule has 0 amide bonds. The normalized spacial score (nSPS) is 27.7. The third kappa shape index (κ3) is 26.5. The molecule has 0 spiro atoms. The number of aromatic nitrogens is 6. The summed E-state index contributed by atoms with van der Waals surface area (Å²) in [6.45, 7) is 30.9. The van der Waals surface area contributed by atoms with Gasteiger partial charge in [-0.2, -0.15) is 0 Å². The van der Waals surface area contributed by atoms with Crippen LogP contribution in [0, 0.1) is 113 Å². The van der Waals surface area contributed by atoms with Gasteiger partial charge in [0.2, 0.25) is 0 Å². The van der Waals surface area contributed by atoms with Crippen molar-refractivity contribution in [3.05, 3.63) is 204 Å². The van der Waals surface area contributed by atoms with Crippen LogP contribution in [-0.4, -0.2) is 77.7 Å². The van der Waals surface area contributed by atoms with Crippen LogP contribution in [0.5, 0.6) is 0 Å². The molecule has 16 atom stereocenters. The molecular formula is C96H132B2Cl2Co2N12O14. The first kappa shape index (κ1) is 104. The minimum Gasteiger partial charge on any atom is -0.540 e. The van der Waals surface area contributed by atoms with Gasteiger partial charge in [0, 0.05) is 37.2 Å². The molecule has 6 aromatic rings. The number of rotatable bonds is 30. The van der Waals surface area contributed by atoms with Gasteiger partial charge in [0.1, 0.15) is 0 Å². The molecule has 6 saturated carbocycles. The van der Waals surface area contributed by atoms with E-state index in [1.165, 1.54) is 101 Å². The average Bonchev–Trinajstić information content (AvgIpc) is 1.38. The van der Waals surface area contributed by atoms with E-state index in [1.807, 2.05) is 151 Å². The predicted octanol–water partition coefficient (Wildman–Crippen LogP) is 14.2. The average molecular weight is 1890 g/mol. The van der Waals surface area contributed by atoms with Gasteiger partial charge < -0.3 is 28.5 Å². The zero-order chi connectivity index (χ0) is 90.8. The quantitative estimate of drug-likeness (QED) is 0.0175. The fourth-order valence-electron chi connectivity index (χ4n) is 23.4. The molecule has 0 aromatic carbocycles. The molecule has 0 aliphatic heterocycles. The number of nitrogens with zero attached hydrogens (tertiary/aromatic N) is 12. The molecule has 0 unspecified atom stereocenters. The molecule has 6 aromatic heterocycles. The first-order valence-electron chi connectivity index (χ1n) is 45.6. The van der Waals surface area contributed by atoms with Crippen LogP contribution in [0.1, 0.15) is 286 Å². The van der Waals surface area contributed by atoms with Crippen LogP contribution >= 0.6 is 0 Å². The summed E-state index contributed by atoms with van der Waals surface area (Å²) in [6.07, 6.45) is 42.2. The molecule has 26 nitrogen and oxygen atoms in total. The zero-order valence-electron chi connectivity index (χ0n) is 77.3. The number of hydrogen-bond donors (Lipinski definition) is 0. The molecule has 0 saturated heterocycles. The van der Waals surface area contributed by atoms with Crippen molar-refractivity contribution in [2.75, 3.05) is 0 Å². The van der Waals surface area contributed by atoms with Crippen LogP contribution in [0.15, 0.2) is 201 Å². The van der Waals surface area contributed by atoms with E-state index < -0.39 is 34.0 Å². The minimum atomic E-state index is -4.94. The van der Waals surface area contributed by atoms with Gasteiger partial charge in [0.15, 0.2) is 0 Å². The Balaban J connectivity index is 0.000000258. The van der Waals surface area contributed by atoms with Crippen molar-refractivity contribution in [1.29, 1.82) is 0 Å². The molecule has 8 aliphatic carbocycles. The molecule has 32 heteroatoms. The first-order valence-corrected chi connectivity index (χ1v) is 48.1. The summed E-state index contributed by atoms with van der Waals surface area (Å²) in [5.74, 6) is 8.85. The first-order chi connectivity index (χ1) is 59.9. The fraction of sp³-hybridized carbons (Fsp3) is 0.583. The largest absolute Gasteiger partial charge is 2.00 e. The Bertz CT molecular complexity index is 4160. The Labute approximate surface area is 783 Å². The van der Waals surface area contributed by atoms with E-state index in [-0.39, 0.29) is 56.0 Å². The summed E-state index contributed by atoms with van der Waals surface area (Å²) >= 11 is 0. The van der Waals surface area contributed by atoms with E-state index in [4.69, 9.17) is 65.8 Å².